The van der Waals surface area contributed by atoms with Gasteiger partial charge in [-0.05, 0) is 19.4 Å². The molecule has 0 spiro atoms. The maximum absolute atomic E-state index is 12.5. The quantitative estimate of drug-likeness (QED) is 0.737. The van der Waals surface area contributed by atoms with Crippen LogP contribution in [0.1, 0.15) is 19.8 Å². The van der Waals surface area contributed by atoms with Crippen LogP contribution in [-0.2, 0) is 19.1 Å². The van der Waals surface area contributed by atoms with Crippen LogP contribution >= 0.6 is 0 Å². The van der Waals surface area contributed by atoms with Crippen molar-refractivity contribution < 1.29 is 19.1 Å². The smallest absolute Gasteiger partial charge is 0.308 e. The average Bonchev–Trinajstić information content (AvgIpc) is 2.94. The van der Waals surface area contributed by atoms with Crippen LogP contribution in [0.5, 0.6) is 0 Å². The molecule has 0 bridgehead atoms. The van der Waals surface area contributed by atoms with Crippen molar-refractivity contribution in [1.82, 2.24) is 10.2 Å². The first-order valence-electron chi connectivity index (χ1n) is 7.35. The molecular formula is C14H24N2O4. The van der Waals surface area contributed by atoms with E-state index in [1.807, 2.05) is 11.8 Å². The van der Waals surface area contributed by atoms with Crippen molar-refractivity contribution in [2.45, 2.75) is 25.8 Å². The Labute approximate surface area is 119 Å². The van der Waals surface area contributed by atoms with E-state index in [0.717, 1.165) is 6.54 Å². The van der Waals surface area contributed by atoms with E-state index in [9.17, 15) is 9.59 Å². The van der Waals surface area contributed by atoms with Gasteiger partial charge in [-0.15, -0.1) is 0 Å². The molecule has 2 rings (SSSR count). The molecular weight excluding hydrogens is 260 g/mol. The normalized spacial score (nSPS) is 27.6. The molecule has 20 heavy (non-hydrogen) atoms. The highest BCUT2D eigenvalue weighted by molar-refractivity contribution is 5.80. The van der Waals surface area contributed by atoms with Crippen LogP contribution in [0, 0.1) is 11.8 Å². The van der Waals surface area contributed by atoms with Crippen LogP contribution in [0.4, 0.5) is 0 Å². The summed E-state index contributed by atoms with van der Waals surface area (Å²) >= 11 is 0. The third-order valence-electron chi connectivity index (χ3n) is 4.21. The van der Waals surface area contributed by atoms with E-state index >= 15 is 0 Å². The predicted octanol–water partition coefficient (Wildman–Crippen LogP) is 0.0225. The van der Waals surface area contributed by atoms with Gasteiger partial charge >= 0.3 is 5.97 Å². The summed E-state index contributed by atoms with van der Waals surface area (Å²) in [5.74, 6) is -0.165. The maximum atomic E-state index is 12.5. The minimum atomic E-state index is -0.160. The number of ether oxygens (including phenoxy) is 2. The second-order valence-electron chi connectivity index (χ2n) is 5.43. The zero-order valence-corrected chi connectivity index (χ0v) is 12.3. The summed E-state index contributed by atoms with van der Waals surface area (Å²) in [4.78, 5) is 25.9. The van der Waals surface area contributed by atoms with Crippen LogP contribution in [0.25, 0.3) is 0 Å². The second kappa shape index (κ2) is 7.04. The second-order valence-corrected chi connectivity index (χ2v) is 5.43. The molecule has 2 heterocycles. The fourth-order valence-corrected chi connectivity index (χ4v) is 3.00. The highest BCUT2D eigenvalue weighted by atomic mass is 16.5. The molecule has 2 atom stereocenters. The molecule has 2 aliphatic heterocycles. The van der Waals surface area contributed by atoms with Crippen molar-refractivity contribution in [3.63, 3.8) is 0 Å². The van der Waals surface area contributed by atoms with E-state index in [4.69, 9.17) is 9.47 Å². The Morgan fingerprint density at radius 1 is 1.30 bits per heavy atom. The van der Waals surface area contributed by atoms with Gasteiger partial charge in [-0.2, -0.15) is 0 Å². The van der Waals surface area contributed by atoms with Gasteiger partial charge < -0.3 is 19.7 Å². The lowest BCUT2D eigenvalue weighted by atomic mass is 9.94. The van der Waals surface area contributed by atoms with E-state index in [0.29, 0.717) is 39.1 Å². The van der Waals surface area contributed by atoms with Crippen molar-refractivity contribution in [3.05, 3.63) is 0 Å². The molecule has 6 nitrogen and oxygen atoms in total. The summed E-state index contributed by atoms with van der Waals surface area (Å²) in [5.41, 5.74) is 0. The zero-order valence-electron chi connectivity index (χ0n) is 12.3. The number of likely N-dealkylation sites (N-methyl/N-ethyl adjacent to an activating group) is 1. The topological polar surface area (TPSA) is 67.9 Å². The highest BCUT2D eigenvalue weighted by Crippen LogP contribution is 2.23. The Morgan fingerprint density at radius 2 is 2.00 bits per heavy atom. The van der Waals surface area contributed by atoms with Gasteiger partial charge in [0.25, 0.3) is 0 Å². The number of nitrogens with one attached hydrogen (secondary N) is 1. The average molecular weight is 284 g/mol. The predicted molar refractivity (Wildman–Crippen MR) is 73.1 cm³/mol. The summed E-state index contributed by atoms with van der Waals surface area (Å²) in [7, 11) is 1.41. The highest BCUT2D eigenvalue weighted by Gasteiger charge is 2.37. The Bertz CT molecular complexity index is 353. The zero-order chi connectivity index (χ0) is 14.5. The van der Waals surface area contributed by atoms with Crippen LogP contribution in [0.15, 0.2) is 0 Å². The van der Waals surface area contributed by atoms with Gasteiger partial charge in [0.2, 0.25) is 5.91 Å². The van der Waals surface area contributed by atoms with Crippen molar-refractivity contribution in [3.8, 4) is 0 Å². The third kappa shape index (κ3) is 3.30. The van der Waals surface area contributed by atoms with Gasteiger partial charge in [0, 0.05) is 19.1 Å². The number of rotatable bonds is 4. The number of hydrogen-bond acceptors (Lipinski definition) is 5. The molecule has 2 aliphatic rings. The Kier molecular flexibility index (Phi) is 5.37. The largest absolute Gasteiger partial charge is 0.469 e. The molecule has 1 N–H and O–H groups in total. The standard InChI is InChI=1S/C14H24N2O4/c1-3-15-12-9-20-8-11(12)13(17)16-6-4-10(5-7-16)14(18)19-2/h10-12,15H,3-9H2,1-2H3. The summed E-state index contributed by atoms with van der Waals surface area (Å²) in [6.07, 6.45) is 1.38. The number of likely N-dealkylation sites (tertiary alicyclic amines) is 1. The summed E-state index contributed by atoms with van der Waals surface area (Å²) in [6, 6.07) is 0.117. The molecule has 0 aromatic carbocycles. The number of methoxy groups -OCH3 is 1. The molecule has 1 amide bonds. The van der Waals surface area contributed by atoms with Crippen LogP contribution in [-0.4, -0.2) is 62.8 Å². The van der Waals surface area contributed by atoms with Gasteiger partial charge in [-0.3, -0.25) is 9.59 Å². The molecule has 0 aromatic heterocycles. The number of nitrogens with zero attached hydrogens (tertiary/aromatic N) is 1. The van der Waals surface area contributed by atoms with E-state index in [1.165, 1.54) is 7.11 Å². The molecule has 2 unspecified atom stereocenters. The van der Waals surface area contributed by atoms with Gasteiger partial charge in [0.15, 0.2) is 0 Å². The first-order valence-corrected chi connectivity index (χ1v) is 7.35. The fraction of sp³-hybridized carbons (Fsp3) is 0.857. The minimum absolute atomic E-state index is 0.0616. The maximum Gasteiger partial charge on any atom is 0.308 e. The summed E-state index contributed by atoms with van der Waals surface area (Å²) in [5, 5.41) is 3.30. The van der Waals surface area contributed by atoms with Crippen molar-refractivity contribution in [2.75, 3.05) is 40.0 Å². The Morgan fingerprint density at radius 3 is 2.60 bits per heavy atom. The number of hydrogen-bond donors (Lipinski definition) is 1. The van der Waals surface area contributed by atoms with Crippen LogP contribution in [0.2, 0.25) is 0 Å². The molecule has 6 heteroatoms. The fourth-order valence-electron chi connectivity index (χ4n) is 3.00. The number of esters is 1. The minimum Gasteiger partial charge on any atom is -0.469 e. The Balaban J connectivity index is 1.86. The van der Waals surface area contributed by atoms with Gasteiger partial charge in [-0.1, -0.05) is 6.92 Å². The number of piperidine rings is 1. The van der Waals surface area contributed by atoms with Gasteiger partial charge in [0.1, 0.15) is 0 Å². The lowest BCUT2D eigenvalue weighted by Gasteiger charge is -2.33. The Hall–Kier alpha value is -1.14. The van der Waals surface area contributed by atoms with Crippen LogP contribution in [0.3, 0.4) is 0 Å². The van der Waals surface area contributed by atoms with E-state index in [1.54, 1.807) is 0 Å². The van der Waals surface area contributed by atoms with Gasteiger partial charge in [-0.25, -0.2) is 0 Å². The number of amides is 1. The first kappa shape index (κ1) is 15.3. The van der Waals surface area contributed by atoms with E-state index in [2.05, 4.69) is 5.32 Å². The third-order valence-corrected chi connectivity index (χ3v) is 4.21. The van der Waals surface area contributed by atoms with Crippen LogP contribution < -0.4 is 5.32 Å². The lowest BCUT2D eigenvalue weighted by molar-refractivity contribution is -0.149. The first-order chi connectivity index (χ1) is 9.67. The number of carbonyl (C=O) groups is 2. The molecule has 0 saturated carbocycles. The van der Waals surface area contributed by atoms with Crippen molar-refractivity contribution in [2.24, 2.45) is 11.8 Å². The summed E-state index contributed by atoms with van der Waals surface area (Å²) < 4.78 is 10.2. The monoisotopic (exact) mass is 284 g/mol. The van der Waals surface area contributed by atoms with E-state index < -0.39 is 0 Å². The molecule has 0 aromatic rings. The number of carbonyl (C=O) groups excluding carboxylic acids is 2. The van der Waals surface area contributed by atoms with Crippen molar-refractivity contribution >= 4 is 11.9 Å². The van der Waals surface area contributed by atoms with Crippen molar-refractivity contribution in [1.29, 1.82) is 0 Å². The molecule has 114 valence electrons. The summed E-state index contributed by atoms with van der Waals surface area (Å²) in [6.45, 7) is 5.22. The van der Waals surface area contributed by atoms with Gasteiger partial charge in [0.05, 0.1) is 32.2 Å². The van der Waals surface area contributed by atoms with E-state index in [-0.39, 0.29) is 29.8 Å². The molecule has 2 fully saturated rings. The SMILES string of the molecule is CCNC1COCC1C(=O)N1CCC(C(=O)OC)CC1. The molecule has 0 aliphatic carbocycles. The molecule has 2 saturated heterocycles. The molecule has 0 radical (unpaired) electrons. The lowest BCUT2D eigenvalue weighted by Crippen LogP contribution is -2.48.